The smallest absolute Gasteiger partial charge is 0.417 e. The van der Waals surface area contributed by atoms with Crippen LogP contribution in [0.5, 0.6) is 0 Å². The maximum atomic E-state index is 11.6. The molecule has 2 rings (SSSR count). The van der Waals surface area contributed by atoms with E-state index in [0.29, 0.717) is 17.2 Å². The molecule has 0 saturated heterocycles. The topological polar surface area (TPSA) is 78.6 Å². The SMILES string of the molecule is Cn1nc(C(C)(C)CO)cc1N(C(=O)O)c1ccccc1. The maximum Gasteiger partial charge on any atom is 0.417 e. The van der Waals surface area contributed by atoms with Gasteiger partial charge in [0, 0.05) is 18.5 Å². The highest BCUT2D eigenvalue weighted by molar-refractivity contribution is 5.93. The molecule has 0 aliphatic rings. The van der Waals surface area contributed by atoms with Crippen molar-refractivity contribution in [3.05, 3.63) is 42.1 Å². The van der Waals surface area contributed by atoms with E-state index in [4.69, 9.17) is 0 Å². The number of nitrogens with zero attached hydrogens (tertiary/aromatic N) is 3. The van der Waals surface area contributed by atoms with Gasteiger partial charge in [0.05, 0.1) is 18.0 Å². The van der Waals surface area contributed by atoms with Gasteiger partial charge in [-0.05, 0) is 12.1 Å². The number of amides is 1. The molecule has 0 atom stereocenters. The van der Waals surface area contributed by atoms with Gasteiger partial charge in [0.1, 0.15) is 5.82 Å². The summed E-state index contributed by atoms with van der Waals surface area (Å²) < 4.78 is 1.51. The van der Waals surface area contributed by atoms with Crippen LogP contribution in [0.15, 0.2) is 36.4 Å². The quantitative estimate of drug-likeness (QED) is 0.906. The van der Waals surface area contributed by atoms with E-state index < -0.39 is 11.5 Å². The highest BCUT2D eigenvalue weighted by atomic mass is 16.4. The van der Waals surface area contributed by atoms with Gasteiger partial charge in [-0.2, -0.15) is 5.10 Å². The lowest BCUT2D eigenvalue weighted by Crippen LogP contribution is -2.25. The van der Waals surface area contributed by atoms with Crippen molar-refractivity contribution in [2.24, 2.45) is 7.05 Å². The first-order valence-corrected chi connectivity index (χ1v) is 6.60. The zero-order chi connectivity index (χ0) is 15.6. The summed E-state index contributed by atoms with van der Waals surface area (Å²) >= 11 is 0. The summed E-state index contributed by atoms with van der Waals surface area (Å²) in [6.45, 7) is 3.64. The lowest BCUT2D eigenvalue weighted by Gasteiger charge is -2.19. The van der Waals surface area contributed by atoms with Crippen molar-refractivity contribution in [1.82, 2.24) is 9.78 Å². The molecule has 1 aromatic heterocycles. The Morgan fingerprint density at radius 1 is 1.33 bits per heavy atom. The second-order valence-electron chi connectivity index (χ2n) is 5.51. The number of aromatic nitrogens is 2. The van der Waals surface area contributed by atoms with Crippen molar-refractivity contribution in [3.8, 4) is 0 Å². The average molecular weight is 289 g/mol. The van der Waals surface area contributed by atoms with Crippen LogP contribution in [0.4, 0.5) is 16.3 Å². The largest absolute Gasteiger partial charge is 0.464 e. The number of anilines is 2. The van der Waals surface area contributed by atoms with Gasteiger partial charge >= 0.3 is 6.09 Å². The molecule has 0 saturated carbocycles. The van der Waals surface area contributed by atoms with Crippen LogP contribution in [0.3, 0.4) is 0 Å². The Hall–Kier alpha value is -2.34. The number of carboxylic acid groups (broad SMARTS) is 1. The molecule has 1 heterocycles. The third-order valence-corrected chi connectivity index (χ3v) is 3.38. The summed E-state index contributed by atoms with van der Waals surface area (Å²) in [5.41, 5.74) is 0.655. The van der Waals surface area contributed by atoms with E-state index in [9.17, 15) is 15.0 Å². The fourth-order valence-electron chi connectivity index (χ4n) is 2.00. The van der Waals surface area contributed by atoms with E-state index in [1.807, 2.05) is 19.9 Å². The second kappa shape index (κ2) is 5.57. The average Bonchev–Trinajstić information content (AvgIpc) is 2.83. The predicted octanol–water partition coefficient (Wildman–Crippen LogP) is 2.51. The summed E-state index contributed by atoms with van der Waals surface area (Å²) in [6.07, 6.45) is -1.09. The zero-order valence-electron chi connectivity index (χ0n) is 12.3. The number of hydrogen-bond acceptors (Lipinski definition) is 3. The molecule has 6 heteroatoms. The fourth-order valence-corrected chi connectivity index (χ4v) is 2.00. The van der Waals surface area contributed by atoms with E-state index in [2.05, 4.69) is 5.10 Å². The summed E-state index contributed by atoms with van der Waals surface area (Å²) in [7, 11) is 1.69. The van der Waals surface area contributed by atoms with Gasteiger partial charge in [0.2, 0.25) is 0 Å². The van der Waals surface area contributed by atoms with Gasteiger partial charge in [-0.1, -0.05) is 32.0 Å². The minimum atomic E-state index is -1.09. The summed E-state index contributed by atoms with van der Waals surface area (Å²) in [5.74, 6) is 0.435. The summed E-state index contributed by atoms with van der Waals surface area (Å²) in [6, 6.07) is 10.5. The van der Waals surface area contributed by atoms with Gasteiger partial charge in [0.15, 0.2) is 0 Å². The van der Waals surface area contributed by atoms with E-state index in [-0.39, 0.29) is 6.61 Å². The van der Waals surface area contributed by atoms with Crippen LogP contribution in [0.2, 0.25) is 0 Å². The lowest BCUT2D eigenvalue weighted by molar-refractivity contribution is 0.204. The van der Waals surface area contributed by atoms with Crippen LogP contribution in [0.1, 0.15) is 19.5 Å². The van der Waals surface area contributed by atoms with Crippen LogP contribution in [-0.4, -0.2) is 32.7 Å². The summed E-state index contributed by atoms with van der Waals surface area (Å²) in [5, 5.41) is 23.3. The molecule has 2 aromatic rings. The Morgan fingerprint density at radius 3 is 2.48 bits per heavy atom. The minimum Gasteiger partial charge on any atom is -0.464 e. The Bertz CT molecular complexity index is 635. The van der Waals surface area contributed by atoms with Gasteiger partial charge in [0.25, 0.3) is 0 Å². The van der Waals surface area contributed by atoms with Crippen molar-refractivity contribution >= 4 is 17.6 Å². The number of aliphatic hydroxyl groups excluding tert-OH is 1. The molecule has 0 spiro atoms. The monoisotopic (exact) mass is 289 g/mol. The molecule has 0 radical (unpaired) electrons. The van der Waals surface area contributed by atoms with Crippen molar-refractivity contribution in [1.29, 1.82) is 0 Å². The molecular formula is C15H19N3O3. The molecule has 0 fully saturated rings. The van der Waals surface area contributed by atoms with Crippen LogP contribution < -0.4 is 4.90 Å². The third kappa shape index (κ3) is 2.90. The number of aryl methyl sites for hydroxylation is 1. The third-order valence-electron chi connectivity index (χ3n) is 3.38. The first kappa shape index (κ1) is 15.1. The fraction of sp³-hybridized carbons (Fsp3) is 0.333. The van der Waals surface area contributed by atoms with Crippen molar-refractivity contribution < 1.29 is 15.0 Å². The highest BCUT2D eigenvalue weighted by Crippen LogP contribution is 2.30. The molecule has 0 unspecified atom stereocenters. The molecule has 0 aliphatic heterocycles. The van der Waals surface area contributed by atoms with E-state index in [1.165, 1.54) is 9.58 Å². The van der Waals surface area contributed by atoms with Gasteiger partial charge in [-0.15, -0.1) is 0 Å². The van der Waals surface area contributed by atoms with Crippen molar-refractivity contribution in [2.45, 2.75) is 19.3 Å². The maximum absolute atomic E-state index is 11.6. The molecule has 1 amide bonds. The minimum absolute atomic E-state index is 0.0676. The van der Waals surface area contributed by atoms with Crippen LogP contribution >= 0.6 is 0 Å². The number of carbonyl (C=O) groups is 1. The number of hydrogen-bond donors (Lipinski definition) is 2. The van der Waals surface area contributed by atoms with Crippen molar-refractivity contribution in [3.63, 3.8) is 0 Å². The normalized spacial score (nSPS) is 11.4. The number of rotatable bonds is 4. The number of aliphatic hydroxyl groups is 1. The Balaban J connectivity index is 2.50. The van der Waals surface area contributed by atoms with Gasteiger partial charge < -0.3 is 10.2 Å². The molecule has 0 bridgehead atoms. The van der Waals surface area contributed by atoms with E-state index >= 15 is 0 Å². The standard InChI is InChI=1S/C15H19N3O3/c1-15(2,10-19)12-9-13(17(3)16-12)18(14(20)21)11-7-5-4-6-8-11/h4-9,19H,10H2,1-3H3,(H,20,21). The van der Waals surface area contributed by atoms with Crippen molar-refractivity contribution in [2.75, 3.05) is 11.5 Å². The first-order chi connectivity index (χ1) is 9.86. The Labute approximate surface area is 123 Å². The number of benzene rings is 1. The molecule has 6 nitrogen and oxygen atoms in total. The molecule has 21 heavy (non-hydrogen) atoms. The van der Waals surface area contributed by atoms with E-state index in [1.54, 1.807) is 37.4 Å². The van der Waals surface area contributed by atoms with Crippen LogP contribution in [0.25, 0.3) is 0 Å². The predicted molar refractivity (Wildman–Crippen MR) is 79.9 cm³/mol. The van der Waals surface area contributed by atoms with Crippen LogP contribution in [0, 0.1) is 0 Å². The lowest BCUT2D eigenvalue weighted by atomic mass is 9.91. The number of para-hydroxylation sites is 1. The highest BCUT2D eigenvalue weighted by Gasteiger charge is 2.27. The van der Waals surface area contributed by atoms with Gasteiger partial charge in [-0.25, -0.2) is 9.69 Å². The Morgan fingerprint density at radius 2 is 1.95 bits per heavy atom. The molecule has 1 aromatic carbocycles. The Kier molecular flexibility index (Phi) is 3.99. The van der Waals surface area contributed by atoms with Crippen LogP contribution in [-0.2, 0) is 12.5 Å². The molecule has 112 valence electrons. The van der Waals surface area contributed by atoms with Gasteiger partial charge in [-0.3, -0.25) is 4.68 Å². The molecule has 2 N–H and O–H groups in total. The summed E-state index contributed by atoms with van der Waals surface area (Å²) in [4.78, 5) is 12.8. The molecular weight excluding hydrogens is 270 g/mol. The second-order valence-corrected chi connectivity index (χ2v) is 5.51. The molecule has 0 aliphatic carbocycles. The first-order valence-electron chi connectivity index (χ1n) is 6.60. The van der Waals surface area contributed by atoms with E-state index in [0.717, 1.165) is 0 Å². The zero-order valence-corrected chi connectivity index (χ0v) is 12.3.